The molecule has 1 aliphatic rings. The minimum atomic E-state index is -0.315. The number of carbonyl (C=O) groups is 1. The molecule has 0 aromatic heterocycles. The van der Waals surface area contributed by atoms with Crippen LogP contribution in [-0.4, -0.2) is 36.5 Å². The third kappa shape index (κ3) is 4.03. The van der Waals surface area contributed by atoms with Crippen molar-refractivity contribution in [2.24, 2.45) is 0 Å². The minimum absolute atomic E-state index is 0.111. The quantitative estimate of drug-likeness (QED) is 0.882. The summed E-state index contributed by atoms with van der Waals surface area (Å²) < 4.78 is 13.4. The van der Waals surface area contributed by atoms with Gasteiger partial charge in [0.05, 0.1) is 6.42 Å². The molecule has 0 radical (unpaired) electrons. The Hall–Kier alpha value is -1.42. The molecule has 0 saturated carbocycles. The van der Waals surface area contributed by atoms with Gasteiger partial charge < -0.3 is 5.32 Å². The number of halogens is 1. The summed E-state index contributed by atoms with van der Waals surface area (Å²) >= 11 is 0. The summed E-state index contributed by atoms with van der Waals surface area (Å²) in [6, 6.07) is 6.77. The molecule has 1 atom stereocenters. The van der Waals surface area contributed by atoms with Gasteiger partial charge in [-0.3, -0.25) is 9.69 Å². The van der Waals surface area contributed by atoms with Crippen molar-refractivity contribution < 1.29 is 9.18 Å². The van der Waals surface area contributed by atoms with Crippen molar-refractivity contribution in [1.29, 1.82) is 0 Å². The number of rotatable bonds is 5. The zero-order chi connectivity index (χ0) is 13.7. The fraction of sp³-hybridized carbons (Fsp3) is 0.533. The Kier molecular flexibility index (Phi) is 4.91. The number of carbonyl (C=O) groups excluding carboxylic acids is 1. The smallest absolute Gasteiger partial charge is 0.224 e. The Balaban J connectivity index is 1.77. The van der Waals surface area contributed by atoms with Crippen LogP contribution < -0.4 is 5.32 Å². The molecular weight excluding hydrogens is 243 g/mol. The van der Waals surface area contributed by atoms with Gasteiger partial charge in [0.1, 0.15) is 5.82 Å². The fourth-order valence-electron chi connectivity index (χ4n) is 2.45. The SMILES string of the molecule is C[C@H](CNC(=O)Cc1ccccc1F)N1CCCC1. The normalized spacial score (nSPS) is 17.4. The standard InChI is InChI=1S/C15H21FN2O/c1-12(18-8-4-5-9-18)11-17-15(19)10-13-6-2-3-7-14(13)16/h2-3,6-7,12H,4-5,8-11H2,1H3,(H,17,19)/t12-/m1/s1. The number of nitrogens with zero attached hydrogens (tertiary/aromatic N) is 1. The molecule has 19 heavy (non-hydrogen) atoms. The van der Waals surface area contributed by atoms with Crippen LogP contribution in [0.2, 0.25) is 0 Å². The molecule has 0 spiro atoms. The van der Waals surface area contributed by atoms with Crippen molar-refractivity contribution in [3.8, 4) is 0 Å². The first-order chi connectivity index (χ1) is 9.16. The van der Waals surface area contributed by atoms with Gasteiger partial charge in [-0.1, -0.05) is 18.2 Å². The molecule has 2 rings (SSSR count). The Bertz CT molecular complexity index is 430. The molecule has 1 heterocycles. The number of benzene rings is 1. The van der Waals surface area contributed by atoms with E-state index < -0.39 is 0 Å². The molecule has 104 valence electrons. The van der Waals surface area contributed by atoms with E-state index in [1.54, 1.807) is 18.2 Å². The highest BCUT2D eigenvalue weighted by Gasteiger charge is 2.18. The van der Waals surface area contributed by atoms with Crippen LogP contribution in [0, 0.1) is 5.82 Å². The monoisotopic (exact) mass is 264 g/mol. The van der Waals surface area contributed by atoms with Crippen LogP contribution in [0.1, 0.15) is 25.3 Å². The lowest BCUT2D eigenvalue weighted by Crippen LogP contribution is -2.41. The molecule has 1 aromatic rings. The van der Waals surface area contributed by atoms with Crippen molar-refractivity contribution in [1.82, 2.24) is 10.2 Å². The highest BCUT2D eigenvalue weighted by atomic mass is 19.1. The van der Waals surface area contributed by atoms with Crippen LogP contribution in [-0.2, 0) is 11.2 Å². The number of hydrogen-bond acceptors (Lipinski definition) is 2. The number of amides is 1. The summed E-state index contributed by atoms with van der Waals surface area (Å²) in [5, 5.41) is 2.89. The van der Waals surface area contributed by atoms with Crippen LogP contribution in [0.3, 0.4) is 0 Å². The lowest BCUT2D eigenvalue weighted by molar-refractivity contribution is -0.120. The van der Waals surface area contributed by atoms with Crippen molar-refractivity contribution in [3.05, 3.63) is 35.6 Å². The maximum Gasteiger partial charge on any atom is 0.224 e. The highest BCUT2D eigenvalue weighted by molar-refractivity contribution is 5.78. The molecule has 1 aromatic carbocycles. The van der Waals surface area contributed by atoms with Crippen LogP contribution in [0.25, 0.3) is 0 Å². The van der Waals surface area contributed by atoms with Gasteiger partial charge in [0.25, 0.3) is 0 Å². The molecule has 0 aliphatic carbocycles. The van der Waals surface area contributed by atoms with E-state index in [1.165, 1.54) is 18.9 Å². The summed E-state index contributed by atoms with van der Waals surface area (Å²) in [4.78, 5) is 14.2. The first kappa shape index (κ1) is 14.0. The van der Waals surface area contributed by atoms with Crippen LogP contribution in [0.5, 0.6) is 0 Å². The van der Waals surface area contributed by atoms with Gasteiger partial charge >= 0.3 is 0 Å². The highest BCUT2D eigenvalue weighted by Crippen LogP contribution is 2.11. The molecule has 1 saturated heterocycles. The van der Waals surface area contributed by atoms with Gasteiger partial charge in [0.2, 0.25) is 5.91 Å². The Morgan fingerprint density at radius 1 is 1.37 bits per heavy atom. The molecule has 1 fully saturated rings. The third-order valence-electron chi connectivity index (χ3n) is 3.67. The molecule has 0 bridgehead atoms. The zero-order valence-electron chi connectivity index (χ0n) is 11.4. The summed E-state index contributed by atoms with van der Waals surface area (Å²) in [7, 11) is 0. The number of likely N-dealkylation sites (tertiary alicyclic amines) is 1. The molecule has 1 N–H and O–H groups in total. The average Bonchev–Trinajstić information content (AvgIpc) is 2.93. The van der Waals surface area contributed by atoms with E-state index in [9.17, 15) is 9.18 Å². The molecule has 1 aliphatic heterocycles. The average molecular weight is 264 g/mol. The molecule has 0 unspecified atom stereocenters. The second-order valence-electron chi connectivity index (χ2n) is 5.16. The van der Waals surface area contributed by atoms with Gasteiger partial charge in [0.15, 0.2) is 0 Å². The molecule has 4 heteroatoms. The Morgan fingerprint density at radius 2 is 2.05 bits per heavy atom. The van der Waals surface area contributed by atoms with E-state index >= 15 is 0 Å². The summed E-state index contributed by atoms with van der Waals surface area (Å²) in [6.45, 7) is 4.98. The zero-order valence-corrected chi connectivity index (χ0v) is 11.4. The van der Waals surface area contributed by atoms with Gasteiger partial charge in [-0.15, -0.1) is 0 Å². The predicted molar refractivity (Wildman–Crippen MR) is 73.4 cm³/mol. The van der Waals surface area contributed by atoms with E-state index in [4.69, 9.17) is 0 Å². The fourth-order valence-corrected chi connectivity index (χ4v) is 2.45. The van der Waals surface area contributed by atoms with E-state index in [0.29, 0.717) is 18.2 Å². The maximum absolute atomic E-state index is 13.4. The largest absolute Gasteiger partial charge is 0.354 e. The molecule has 3 nitrogen and oxygen atoms in total. The van der Waals surface area contributed by atoms with Crippen molar-refractivity contribution >= 4 is 5.91 Å². The summed E-state index contributed by atoms with van der Waals surface area (Å²) in [6.07, 6.45) is 2.60. The van der Waals surface area contributed by atoms with E-state index in [-0.39, 0.29) is 18.1 Å². The lowest BCUT2D eigenvalue weighted by Gasteiger charge is -2.23. The lowest BCUT2D eigenvalue weighted by atomic mass is 10.1. The maximum atomic E-state index is 13.4. The first-order valence-corrected chi connectivity index (χ1v) is 6.91. The topological polar surface area (TPSA) is 32.3 Å². The first-order valence-electron chi connectivity index (χ1n) is 6.91. The third-order valence-corrected chi connectivity index (χ3v) is 3.67. The molecule has 1 amide bonds. The van der Waals surface area contributed by atoms with Crippen molar-refractivity contribution in [3.63, 3.8) is 0 Å². The minimum Gasteiger partial charge on any atom is -0.354 e. The molecular formula is C15H21FN2O. The van der Waals surface area contributed by atoms with Crippen molar-refractivity contribution in [2.45, 2.75) is 32.2 Å². The summed E-state index contributed by atoms with van der Waals surface area (Å²) in [5.74, 6) is -0.429. The van der Waals surface area contributed by atoms with Crippen LogP contribution >= 0.6 is 0 Å². The van der Waals surface area contributed by atoms with E-state index in [0.717, 1.165) is 13.1 Å². The Morgan fingerprint density at radius 3 is 2.74 bits per heavy atom. The van der Waals surface area contributed by atoms with Gasteiger partial charge in [0, 0.05) is 12.6 Å². The van der Waals surface area contributed by atoms with Crippen molar-refractivity contribution in [2.75, 3.05) is 19.6 Å². The van der Waals surface area contributed by atoms with Crippen LogP contribution in [0.4, 0.5) is 4.39 Å². The summed E-state index contributed by atoms with van der Waals surface area (Å²) in [5.41, 5.74) is 0.453. The van der Waals surface area contributed by atoms with E-state index in [2.05, 4.69) is 17.1 Å². The van der Waals surface area contributed by atoms with Gasteiger partial charge in [-0.2, -0.15) is 0 Å². The Labute approximate surface area is 113 Å². The van der Waals surface area contributed by atoms with Gasteiger partial charge in [-0.05, 0) is 44.5 Å². The number of nitrogens with one attached hydrogen (secondary N) is 1. The second kappa shape index (κ2) is 6.66. The van der Waals surface area contributed by atoms with Crippen LogP contribution in [0.15, 0.2) is 24.3 Å². The van der Waals surface area contributed by atoms with E-state index in [1.807, 2.05) is 0 Å². The van der Waals surface area contributed by atoms with Gasteiger partial charge in [-0.25, -0.2) is 4.39 Å². The number of hydrogen-bond donors (Lipinski definition) is 1. The second-order valence-corrected chi connectivity index (χ2v) is 5.16. The predicted octanol–water partition coefficient (Wildman–Crippen LogP) is 1.97.